The fourth-order valence-corrected chi connectivity index (χ4v) is 5.51. The van der Waals surface area contributed by atoms with Gasteiger partial charge in [0, 0.05) is 33.2 Å². The molecule has 2 aliphatic heterocycles. The molecule has 0 saturated heterocycles. The molecule has 0 amide bonds. The number of fused-ring (bicyclic) bond motifs is 8. The minimum absolute atomic E-state index is 0.0884. The van der Waals surface area contributed by atoms with Crippen molar-refractivity contribution in [3.05, 3.63) is 116 Å². The van der Waals surface area contributed by atoms with Crippen LogP contribution in [0.5, 0.6) is 0 Å². The highest BCUT2D eigenvalue weighted by atomic mass is 16.2. The molecular formula is C30H20N4O4. The van der Waals surface area contributed by atoms with Gasteiger partial charge >= 0.3 is 0 Å². The number of benzene rings is 2. The average Bonchev–Trinajstić information content (AvgIpc) is 3.64. The number of aromatic amines is 2. The van der Waals surface area contributed by atoms with E-state index < -0.39 is 0 Å². The number of carbonyl (C=O) groups excluding carboxylic acids is 2. The summed E-state index contributed by atoms with van der Waals surface area (Å²) in [5.74, 6) is -0.314. The zero-order chi connectivity index (χ0) is 26.3. The lowest BCUT2D eigenvalue weighted by Gasteiger charge is -2.01. The van der Waals surface area contributed by atoms with Crippen molar-refractivity contribution in [1.82, 2.24) is 19.1 Å². The highest BCUT2D eigenvalue weighted by Gasteiger charge is 2.32. The number of carbonyl (C=O) groups is 2. The Bertz CT molecular complexity index is 1980. The van der Waals surface area contributed by atoms with E-state index in [9.17, 15) is 19.2 Å². The third kappa shape index (κ3) is 2.79. The number of nitrogens with zero attached hydrogens (tertiary/aromatic N) is 2. The first kappa shape index (κ1) is 22.0. The largest absolute Gasteiger partial charge is 0.350 e. The number of rotatable bonds is 0. The van der Waals surface area contributed by atoms with Crippen molar-refractivity contribution in [3.8, 4) is 22.5 Å². The lowest BCUT2D eigenvalue weighted by atomic mass is 10.1. The Labute approximate surface area is 214 Å². The van der Waals surface area contributed by atoms with Crippen molar-refractivity contribution >= 4 is 33.6 Å². The van der Waals surface area contributed by atoms with Crippen LogP contribution < -0.4 is 10.9 Å². The first-order valence-electron chi connectivity index (χ1n) is 12.1. The molecule has 184 valence electrons. The molecule has 2 N–H and O–H groups in total. The third-order valence-corrected chi connectivity index (χ3v) is 7.32. The predicted octanol–water partition coefficient (Wildman–Crippen LogP) is 4.61. The summed E-state index contributed by atoms with van der Waals surface area (Å²) >= 11 is 0. The van der Waals surface area contributed by atoms with Gasteiger partial charge in [-0.1, -0.05) is 24.3 Å². The van der Waals surface area contributed by atoms with E-state index in [0.29, 0.717) is 55.7 Å². The van der Waals surface area contributed by atoms with Crippen LogP contribution in [0.15, 0.2) is 82.4 Å². The van der Waals surface area contributed by atoms with E-state index in [0.717, 1.165) is 11.4 Å². The molecule has 0 radical (unpaired) electrons. The SMILES string of the molecule is Cc1ccc2n1C(=O)c1[nH]c3ccccc3c(=O)c1-2.Cc1ccc2n1C(=O)c1[nH]c3ccccc3c(=O)c1-2. The lowest BCUT2D eigenvalue weighted by molar-refractivity contribution is 0.0955. The van der Waals surface area contributed by atoms with Crippen LogP contribution in [0.4, 0.5) is 0 Å². The summed E-state index contributed by atoms with van der Waals surface area (Å²) in [6.07, 6.45) is 0. The molecule has 6 aromatic rings. The van der Waals surface area contributed by atoms with E-state index in [4.69, 9.17) is 0 Å². The zero-order valence-electron chi connectivity index (χ0n) is 20.5. The van der Waals surface area contributed by atoms with E-state index in [1.165, 1.54) is 0 Å². The van der Waals surface area contributed by atoms with Crippen molar-refractivity contribution < 1.29 is 9.59 Å². The maximum absolute atomic E-state index is 12.6. The maximum atomic E-state index is 12.6. The van der Waals surface area contributed by atoms with Crippen molar-refractivity contribution in [3.63, 3.8) is 0 Å². The Morgan fingerprint density at radius 1 is 0.526 bits per heavy atom. The van der Waals surface area contributed by atoms with Crippen LogP contribution in [0.1, 0.15) is 32.4 Å². The molecule has 0 saturated carbocycles. The van der Waals surface area contributed by atoms with Gasteiger partial charge in [-0.15, -0.1) is 0 Å². The molecule has 0 unspecified atom stereocenters. The standard InChI is InChI=1S/2C15H10N2O2/c2*1-8-6-7-11-12-13(15(19)17(8)11)16-10-5-3-2-4-9(10)14(12)18/h2*2-7H,1H3,(H,16,18). The van der Waals surface area contributed by atoms with Gasteiger partial charge in [0.1, 0.15) is 11.4 Å². The van der Waals surface area contributed by atoms with E-state index in [2.05, 4.69) is 9.97 Å². The number of para-hydroxylation sites is 2. The molecule has 0 atom stereocenters. The summed E-state index contributed by atoms with van der Waals surface area (Å²) in [5, 5.41) is 1.22. The minimum atomic E-state index is -0.157. The molecule has 8 rings (SSSR count). The maximum Gasteiger partial charge on any atom is 0.279 e. The number of pyridine rings is 2. The topological polar surface area (TPSA) is 110 Å². The fraction of sp³-hybridized carbons (Fsp3) is 0.0667. The van der Waals surface area contributed by atoms with E-state index in [1.54, 1.807) is 21.3 Å². The number of H-pyrrole nitrogens is 2. The average molecular weight is 501 g/mol. The van der Waals surface area contributed by atoms with Crippen molar-refractivity contribution in [2.24, 2.45) is 0 Å². The van der Waals surface area contributed by atoms with Crippen LogP contribution in [0, 0.1) is 13.8 Å². The van der Waals surface area contributed by atoms with Crippen molar-refractivity contribution in [2.75, 3.05) is 0 Å². The molecule has 0 aliphatic carbocycles. The van der Waals surface area contributed by atoms with Crippen LogP contribution >= 0.6 is 0 Å². The monoisotopic (exact) mass is 500 g/mol. The van der Waals surface area contributed by atoms with Gasteiger partial charge < -0.3 is 9.97 Å². The highest BCUT2D eigenvalue weighted by molar-refractivity contribution is 6.10. The van der Waals surface area contributed by atoms with Gasteiger partial charge in [0.15, 0.2) is 10.9 Å². The predicted molar refractivity (Wildman–Crippen MR) is 145 cm³/mol. The number of hydrogen-bond donors (Lipinski definition) is 2. The first-order chi connectivity index (χ1) is 18.4. The van der Waals surface area contributed by atoms with Gasteiger partial charge in [-0.3, -0.25) is 28.3 Å². The molecular weight excluding hydrogens is 480 g/mol. The van der Waals surface area contributed by atoms with E-state index >= 15 is 0 Å². The third-order valence-electron chi connectivity index (χ3n) is 7.32. The Morgan fingerprint density at radius 3 is 1.34 bits per heavy atom. The second-order valence-electron chi connectivity index (χ2n) is 9.50. The molecule has 0 fully saturated rings. The molecule has 2 aliphatic rings. The summed E-state index contributed by atoms with van der Waals surface area (Å²) < 4.78 is 3.17. The van der Waals surface area contributed by atoms with Gasteiger partial charge in [0.2, 0.25) is 0 Å². The first-order valence-corrected chi connectivity index (χ1v) is 12.1. The minimum Gasteiger partial charge on any atom is -0.350 e. The Morgan fingerprint density at radius 2 is 0.921 bits per heavy atom. The van der Waals surface area contributed by atoms with Gasteiger partial charge in [-0.2, -0.15) is 0 Å². The number of hydrogen-bond acceptors (Lipinski definition) is 4. The van der Waals surface area contributed by atoms with E-state index in [-0.39, 0.29) is 22.7 Å². The Kier molecular flexibility index (Phi) is 4.42. The molecule has 8 nitrogen and oxygen atoms in total. The normalized spacial score (nSPS) is 12.8. The lowest BCUT2D eigenvalue weighted by Crippen LogP contribution is -2.12. The van der Waals surface area contributed by atoms with Gasteiger partial charge in [-0.05, 0) is 62.4 Å². The Hall–Kier alpha value is -5.24. The summed E-state index contributed by atoms with van der Waals surface area (Å²) in [6, 6.07) is 21.9. The quantitative estimate of drug-likeness (QED) is 0.317. The molecule has 4 aromatic heterocycles. The highest BCUT2D eigenvalue weighted by Crippen LogP contribution is 2.32. The van der Waals surface area contributed by atoms with E-state index in [1.807, 2.05) is 74.5 Å². The van der Waals surface area contributed by atoms with Crippen molar-refractivity contribution in [1.29, 1.82) is 0 Å². The fourth-order valence-electron chi connectivity index (χ4n) is 5.51. The second kappa shape index (κ2) is 7.63. The summed E-state index contributed by atoms with van der Waals surface area (Å²) in [6.45, 7) is 3.72. The Balaban J connectivity index is 0.000000127. The van der Waals surface area contributed by atoms with Crippen LogP contribution in [0.25, 0.3) is 44.3 Å². The molecule has 8 heteroatoms. The smallest absolute Gasteiger partial charge is 0.279 e. The number of aryl methyl sites for hydroxylation is 2. The molecule has 38 heavy (non-hydrogen) atoms. The van der Waals surface area contributed by atoms with Crippen LogP contribution in [0.3, 0.4) is 0 Å². The zero-order valence-corrected chi connectivity index (χ0v) is 20.5. The van der Waals surface area contributed by atoms with Gasteiger partial charge in [0.05, 0.1) is 22.5 Å². The van der Waals surface area contributed by atoms with Crippen molar-refractivity contribution in [2.45, 2.75) is 13.8 Å². The molecule has 6 heterocycles. The van der Waals surface area contributed by atoms with Gasteiger partial charge in [-0.25, -0.2) is 0 Å². The van der Waals surface area contributed by atoms with Gasteiger partial charge in [0.25, 0.3) is 11.8 Å². The second-order valence-corrected chi connectivity index (χ2v) is 9.50. The molecule has 0 bridgehead atoms. The van der Waals surface area contributed by atoms with Crippen LogP contribution in [-0.4, -0.2) is 30.9 Å². The number of nitrogens with one attached hydrogen (secondary N) is 2. The number of aromatic nitrogens is 4. The summed E-state index contributed by atoms with van der Waals surface area (Å²) in [4.78, 5) is 56.0. The van der Waals surface area contributed by atoms with Crippen LogP contribution in [0.2, 0.25) is 0 Å². The molecule has 0 spiro atoms. The summed E-state index contributed by atoms with van der Waals surface area (Å²) in [7, 11) is 0. The summed E-state index contributed by atoms with van der Waals surface area (Å²) in [5.41, 5.74) is 6.02. The van der Waals surface area contributed by atoms with Crippen LogP contribution in [-0.2, 0) is 0 Å². The molecule has 2 aromatic carbocycles.